The van der Waals surface area contributed by atoms with Crippen LogP contribution in [-0.2, 0) is 12.7 Å². The summed E-state index contributed by atoms with van der Waals surface area (Å²) < 4.78 is 73.6. The monoisotopic (exact) mass is 455 g/mol. The Balaban J connectivity index is 1.50. The number of rotatable bonds is 6. The van der Waals surface area contributed by atoms with Gasteiger partial charge >= 0.3 is 12.1 Å². The lowest BCUT2D eigenvalue weighted by molar-refractivity contribution is -0.138. The average molecular weight is 455 g/mol. The molecule has 1 atom stereocenters. The molecule has 2 fully saturated rings. The van der Waals surface area contributed by atoms with Crippen LogP contribution in [0.3, 0.4) is 0 Å². The number of likely N-dealkylation sites (tertiary alicyclic amines) is 1. The van der Waals surface area contributed by atoms with Crippen molar-refractivity contribution in [1.82, 2.24) is 4.90 Å². The van der Waals surface area contributed by atoms with Crippen LogP contribution in [-0.4, -0.2) is 35.2 Å². The van der Waals surface area contributed by atoms with Crippen LogP contribution in [0.25, 0.3) is 0 Å². The quantitative estimate of drug-likeness (QED) is 0.576. The summed E-state index contributed by atoms with van der Waals surface area (Å²) >= 11 is 0. The lowest BCUT2D eigenvalue weighted by Crippen LogP contribution is -2.41. The molecule has 2 aromatic carbocycles. The van der Waals surface area contributed by atoms with Crippen LogP contribution in [0.15, 0.2) is 30.3 Å². The maximum absolute atomic E-state index is 14.3. The van der Waals surface area contributed by atoms with Gasteiger partial charge in [-0.25, -0.2) is 13.6 Å². The van der Waals surface area contributed by atoms with Gasteiger partial charge in [0.2, 0.25) is 0 Å². The molecule has 0 aromatic heterocycles. The van der Waals surface area contributed by atoms with E-state index in [9.17, 15) is 31.9 Å². The van der Waals surface area contributed by atoms with E-state index in [0.717, 1.165) is 31.0 Å². The molecule has 1 N–H and O–H groups in total. The zero-order valence-corrected chi connectivity index (χ0v) is 17.1. The molecule has 1 unspecified atom stereocenters. The number of piperidine rings is 1. The third kappa shape index (κ3) is 5.03. The Kier molecular flexibility index (Phi) is 6.11. The molecular weight excluding hydrogens is 433 g/mol. The molecule has 1 saturated heterocycles. The van der Waals surface area contributed by atoms with Gasteiger partial charge in [-0.05, 0) is 67.5 Å². The maximum atomic E-state index is 14.3. The number of alkyl halides is 3. The lowest BCUT2D eigenvalue weighted by atomic mass is 10.0. The molecule has 0 bridgehead atoms. The molecule has 9 heteroatoms. The minimum absolute atomic E-state index is 0.0171. The Labute approximate surface area is 181 Å². The van der Waals surface area contributed by atoms with Crippen LogP contribution in [0.1, 0.15) is 58.6 Å². The van der Waals surface area contributed by atoms with E-state index in [-0.39, 0.29) is 24.1 Å². The number of aromatic carboxylic acids is 1. The first-order valence-corrected chi connectivity index (χ1v) is 10.4. The van der Waals surface area contributed by atoms with E-state index < -0.39 is 34.9 Å². The zero-order chi connectivity index (χ0) is 23.0. The first-order valence-electron chi connectivity index (χ1n) is 10.4. The standard InChI is InChI=1S/C23H22F5NO3/c24-15-6-5-14(19(8-15)23(26,27)28)11-29-7-1-2-16(12-29)32-21-10-20(25)18(22(30)31)9-17(21)13-3-4-13/h5-6,8-10,13,16H,1-4,7,11-12H2,(H,30,31). The molecule has 4 rings (SSSR count). The number of carbonyl (C=O) groups is 1. The summed E-state index contributed by atoms with van der Waals surface area (Å²) in [7, 11) is 0. The van der Waals surface area contributed by atoms with Crippen molar-refractivity contribution in [2.75, 3.05) is 13.1 Å². The number of benzene rings is 2. The third-order valence-corrected chi connectivity index (χ3v) is 5.87. The van der Waals surface area contributed by atoms with Gasteiger partial charge in [-0.2, -0.15) is 13.2 Å². The molecule has 2 aliphatic rings. The van der Waals surface area contributed by atoms with Crippen molar-refractivity contribution < 1.29 is 36.6 Å². The number of halogens is 5. The molecule has 1 saturated carbocycles. The minimum Gasteiger partial charge on any atom is -0.489 e. The first kappa shape index (κ1) is 22.5. The minimum atomic E-state index is -4.66. The first-order chi connectivity index (χ1) is 15.1. The second kappa shape index (κ2) is 8.69. The highest BCUT2D eigenvalue weighted by Crippen LogP contribution is 2.45. The Bertz CT molecular complexity index is 1020. The molecule has 1 aliphatic heterocycles. The van der Waals surface area contributed by atoms with Crippen molar-refractivity contribution in [3.05, 3.63) is 64.2 Å². The highest BCUT2D eigenvalue weighted by atomic mass is 19.4. The molecule has 4 nitrogen and oxygen atoms in total. The molecule has 0 radical (unpaired) electrons. The predicted molar refractivity (Wildman–Crippen MR) is 106 cm³/mol. The predicted octanol–water partition coefficient (Wildman–Crippen LogP) is 5.60. The summed E-state index contributed by atoms with van der Waals surface area (Å²) in [6.07, 6.45) is -2.01. The fourth-order valence-corrected chi connectivity index (χ4v) is 4.17. The van der Waals surface area contributed by atoms with Crippen LogP contribution >= 0.6 is 0 Å². The van der Waals surface area contributed by atoms with Gasteiger partial charge in [0.25, 0.3) is 0 Å². The van der Waals surface area contributed by atoms with Gasteiger partial charge in [-0.3, -0.25) is 4.90 Å². The molecule has 1 aliphatic carbocycles. The van der Waals surface area contributed by atoms with Crippen LogP contribution < -0.4 is 4.74 Å². The number of carboxylic acids is 1. The van der Waals surface area contributed by atoms with E-state index >= 15 is 0 Å². The number of carboxylic acid groups (broad SMARTS) is 1. The topological polar surface area (TPSA) is 49.8 Å². The van der Waals surface area contributed by atoms with E-state index in [2.05, 4.69) is 0 Å². The van der Waals surface area contributed by atoms with Crippen molar-refractivity contribution >= 4 is 5.97 Å². The Morgan fingerprint density at radius 2 is 1.88 bits per heavy atom. The van der Waals surface area contributed by atoms with Gasteiger partial charge in [0.15, 0.2) is 0 Å². The van der Waals surface area contributed by atoms with Crippen LogP contribution in [0.5, 0.6) is 5.75 Å². The largest absolute Gasteiger partial charge is 0.489 e. The van der Waals surface area contributed by atoms with Crippen LogP contribution in [0.2, 0.25) is 0 Å². The van der Waals surface area contributed by atoms with Gasteiger partial charge in [0.05, 0.1) is 11.1 Å². The lowest BCUT2D eigenvalue weighted by Gasteiger charge is -2.34. The summed E-state index contributed by atoms with van der Waals surface area (Å²) in [6, 6.07) is 5.07. The summed E-state index contributed by atoms with van der Waals surface area (Å²) in [5, 5.41) is 9.19. The number of hydrogen-bond donors (Lipinski definition) is 1. The summed E-state index contributed by atoms with van der Waals surface area (Å²) in [5.74, 6) is -2.76. The highest BCUT2D eigenvalue weighted by molar-refractivity contribution is 5.88. The molecule has 1 heterocycles. The van der Waals surface area contributed by atoms with E-state index in [0.29, 0.717) is 43.3 Å². The Morgan fingerprint density at radius 1 is 1.12 bits per heavy atom. The Hall–Kier alpha value is -2.68. The van der Waals surface area contributed by atoms with Gasteiger partial charge in [0, 0.05) is 19.2 Å². The number of ether oxygens (including phenoxy) is 1. The van der Waals surface area contributed by atoms with E-state index in [1.54, 1.807) is 4.90 Å². The summed E-state index contributed by atoms with van der Waals surface area (Å²) in [4.78, 5) is 13.1. The summed E-state index contributed by atoms with van der Waals surface area (Å²) in [5.41, 5.74) is -0.766. The van der Waals surface area contributed by atoms with Gasteiger partial charge in [-0.15, -0.1) is 0 Å². The van der Waals surface area contributed by atoms with Crippen molar-refractivity contribution in [3.8, 4) is 5.75 Å². The van der Waals surface area contributed by atoms with E-state index in [4.69, 9.17) is 4.74 Å². The number of nitrogens with zero attached hydrogens (tertiary/aromatic N) is 1. The maximum Gasteiger partial charge on any atom is 0.416 e. The fraction of sp³-hybridized carbons (Fsp3) is 0.435. The van der Waals surface area contributed by atoms with Gasteiger partial charge in [-0.1, -0.05) is 6.07 Å². The average Bonchev–Trinajstić information content (AvgIpc) is 3.54. The second-order valence-corrected chi connectivity index (χ2v) is 8.37. The molecule has 2 aromatic rings. The molecular formula is C23H22F5NO3. The van der Waals surface area contributed by atoms with E-state index in [1.165, 1.54) is 6.07 Å². The molecule has 0 spiro atoms. The van der Waals surface area contributed by atoms with E-state index in [1.807, 2.05) is 0 Å². The molecule has 0 amide bonds. The van der Waals surface area contributed by atoms with Crippen molar-refractivity contribution in [2.45, 2.75) is 50.4 Å². The molecule has 172 valence electrons. The molecule has 32 heavy (non-hydrogen) atoms. The third-order valence-electron chi connectivity index (χ3n) is 5.87. The van der Waals surface area contributed by atoms with Crippen LogP contribution in [0.4, 0.5) is 22.0 Å². The SMILES string of the molecule is O=C(O)c1cc(C2CC2)c(OC2CCCN(Cc3ccc(F)cc3C(F)(F)F)C2)cc1F. The van der Waals surface area contributed by atoms with Crippen molar-refractivity contribution in [3.63, 3.8) is 0 Å². The van der Waals surface area contributed by atoms with Crippen molar-refractivity contribution in [2.24, 2.45) is 0 Å². The van der Waals surface area contributed by atoms with Crippen molar-refractivity contribution in [1.29, 1.82) is 0 Å². The van der Waals surface area contributed by atoms with Gasteiger partial charge < -0.3 is 9.84 Å². The summed E-state index contributed by atoms with van der Waals surface area (Å²) in [6.45, 7) is 0.855. The highest BCUT2D eigenvalue weighted by Gasteiger charge is 2.35. The fourth-order valence-electron chi connectivity index (χ4n) is 4.17. The zero-order valence-electron chi connectivity index (χ0n) is 17.1. The van der Waals surface area contributed by atoms with Crippen LogP contribution in [0, 0.1) is 11.6 Å². The smallest absolute Gasteiger partial charge is 0.416 e. The normalized spacial score (nSPS) is 19.7. The Morgan fingerprint density at radius 3 is 2.53 bits per heavy atom. The van der Waals surface area contributed by atoms with Gasteiger partial charge in [0.1, 0.15) is 23.5 Å². The number of hydrogen-bond acceptors (Lipinski definition) is 3. The second-order valence-electron chi connectivity index (χ2n) is 8.37.